The molecule has 3 aliphatic rings. The van der Waals surface area contributed by atoms with E-state index in [2.05, 4.69) is 10.3 Å². The molecule has 5 heterocycles. The molecule has 5 rings (SSSR count). The lowest BCUT2D eigenvalue weighted by molar-refractivity contribution is -0.140. The van der Waals surface area contributed by atoms with Crippen LogP contribution in [0.25, 0.3) is 0 Å². The van der Waals surface area contributed by atoms with Crippen LogP contribution in [0.5, 0.6) is 0 Å². The quantitative estimate of drug-likeness (QED) is 0.820. The number of hydrogen-bond acceptors (Lipinski definition) is 6. The first-order valence-corrected chi connectivity index (χ1v) is 9.31. The highest BCUT2D eigenvalue weighted by molar-refractivity contribution is 5.96. The molecule has 2 amide bonds. The third kappa shape index (κ3) is 2.93. The van der Waals surface area contributed by atoms with E-state index in [0.29, 0.717) is 36.7 Å². The van der Waals surface area contributed by atoms with Crippen molar-refractivity contribution in [1.29, 1.82) is 0 Å². The van der Waals surface area contributed by atoms with Crippen molar-refractivity contribution in [1.82, 2.24) is 20.1 Å². The highest BCUT2D eigenvalue weighted by Crippen LogP contribution is 2.32. The largest absolute Gasteiger partial charge is 0.361 e. The van der Waals surface area contributed by atoms with E-state index < -0.39 is 0 Å². The van der Waals surface area contributed by atoms with Crippen molar-refractivity contribution in [3.63, 3.8) is 0 Å². The van der Waals surface area contributed by atoms with Crippen LogP contribution in [0, 0.1) is 33.6 Å². The van der Waals surface area contributed by atoms with Crippen LogP contribution in [0.15, 0.2) is 9.05 Å². The number of rotatable bonds is 3. The number of hydrogen-bond donors (Lipinski definition) is 0. The molecule has 2 aromatic rings. The Bertz CT molecular complexity index is 861. The molecule has 0 radical (unpaired) electrons. The van der Waals surface area contributed by atoms with Gasteiger partial charge in [0.2, 0.25) is 5.91 Å². The molecule has 2 atom stereocenters. The van der Waals surface area contributed by atoms with E-state index in [1.807, 2.05) is 18.7 Å². The van der Waals surface area contributed by atoms with Crippen molar-refractivity contribution >= 4 is 11.8 Å². The van der Waals surface area contributed by atoms with E-state index in [1.165, 1.54) is 0 Å². The van der Waals surface area contributed by atoms with Gasteiger partial charge < -0.3 is 18.8 Å². The van der Waals surface area contributed by atoms with Crippen molar-refractivity contribution in [2.45, 2.75) is 53.1 Å². The molecule has 0 N–H and O–H groups in total. The van der Waals surface area contributed by atoms with Gasteiger partial charge >= 0.3 is 0 Å². The number of carbonyl (C=O) groups is 2. The Morgan fingerprint density at radius 1 is 1.04 bits per heavy atom. The normalized spacial score (nSPS) is 22.4. The number of aromatic nitrogens is 2. The molecule has 0 saturated carbocycles. The van der Waals surface area contributed by atoms with E-state index in [0.717, 1.165) is 29.9 Å². The van der Waals surface area contributed by atoms with Crippen LogP contribution >= 0.6 is 0 Å². The monoisotopic (exact) mass is 372 g/mol. The topological polar surface area (TPSA) is 92.7 Å². The fourth-order valence-corrected chi connectivity index (χ4v) is 4.26. The van der Waals surface area contributed by atoms with Crippen LogP contribution in [0.1, 0.15) is 51.7 Å². The van der Waals surface area contributed by atoms with Gasteiger partial charge in [-0.05, 0) is 40.5 Å². The second kappa shape index (κ2) is 6.51. The Kier molecular flexibility index (Phi) is 4.28. The maximum atomic E-state index is 13.1. The number of amides is 2. The molecule has 2 aromatic heterocycles. The van der Waals surface area contributed by atoms with Gasteiger partial charge in [-0.15, -0.1) is 0 Å². The summed E-state index contributed by atoms with van der Waals surface area (Å²) in [6.07, 6.45) is 1.71. The molecule has 0 spiro atoms. The van der Waals surface area contributed by atoms with Gasteiger partial charge in [-0.2, -0.15) is 0 Å². The maximum absolute atomic E-state index is 13.1. The lowest BCUT2D eigenvalue weighted by atomic mass is 9.93. The Balaban J connectivity index is 1.60. The summed E-state index contributed by atoms with van der Waals surface area (Å²) in [7, 11) is 0. The number of nitrogens with zero attached hydrogens (tertiary/aromatic N) is 4. The molecule has 3 aliphatic heterocycles. The third-order valence-electron chi connectivity index (χ3n) is 5.84. The minimum Gasteiger partial charge on any atom is -0.361 e. The van der Waals surface area contributed by atoms with Crippen molar-refractivity contribution < 1.29 is 18.6 Å². The lowest BCUT2D eigenvalue weighted by Gasteiger charge is -2.35. The van der Waals surface area contributed by atoms with Gasteiger partial charge in [0.25, 0.3) is 5.91 Å². The summed E-state index contributed by atoms with van der Waals surface area (Å²) in [5, 5.41) is 7.88. The molecule has 8 nitrogen and oxygen atoms in total. The highest BCUT2D eigenvalue weighted by Gasteiger charge is 2.43. The highest BCUT2D eigenvalue weighted by atomic mass is 16.5. The Hall–Kier alpha value is -2.64. The fraction of sp³-hybridized carbons (Fsp3) is 0.579. The van der Waals surface area contributed by atoms with E-state index in [4.69, 9.17) is 9.05 Å². The molecule has 3 saturated heterocycles. The fourth-order valence-electron chi connectivity index (χ4n) is 4.26. The van der Waals surface area contributed by atoms with Gasteiger partial charge in [0, 0.05) is 24.7 Å². The van der Waals surface area contributed by atoms with Gasteiger partial charge in [0.05, 0.1) is 23.9 Å². The summed E-state index contributed by atoms with van der Waals surface area (Å²) < 4.78 is 10.4. The molecule has 27 heavy (non-hydrogen) atoms. The zero-order chi connectivity index (χ0) is 19.3. The lowest BCUT2D eigenvalue weighted by Crippen LogP contribution is -2.47. The van der Waals surface area contributed by atoms with Gasteiger partial charge in [0.1, 0.15) is 17.1 Å². The van der Waals surface area contributed by atoms with Gasteiger partial charge in [-0.25, -0.2) is 0 Å². The standard InChI is InChI=1S/C19H24N4O4/c1-10-16(12(3)26-20-10)9-23-15-6-5-14(18(23)24)7-22(8-15)19(25)17-11(2)21-27-13(17)4/h14-15H,5-9H2,1-4H3/t14-,15+/m0/s1. The van der Waals surface area contributed by atoms with E-state index in [-0.39, 0.29) is 23.8 Å². The van der Waals surface area contributed by atoms with E-state index in [1.54, 1.807) is 18.7 Å². The minimum atomic E-state index is -0.173. The molecule has 0 aromatic carbocycles. The summed E-state index contributed by atoms with van der Waals surface area (Å²) in [5.41, 5.74) is 2.87. The van der Waals surface area contributed by atoms with E-state index in [9.17, 15) is 9.59 Å². The predicted molar refractivity (Wildman–Crippen MR) is 94.9 cm³/mol. The maximum Gasteiger partial charge on any atom is 0.259 e. The van der Waals surface area contributed by atoms with Crippen LogP contribution in [0.4, 0.5) is 0 Å². The van der Waals surface area contributed by atoms with Crippen LogP contribution < -0.4 is 0 Å². The van der Waals surface area contributed by atoms with Crippen LogP contribution in [0.2, 0.25) is 0 Å². The molecular formula is C19H24N4O4. The first-order valence-electron chi connectivity index (χ1n) is 9.31. The zero-order valence-corrected chi connectivity index (χ0v) is 16.1. The van der Waals surface area contributed by atoms with Gasteiger partial charge in [-0.3, -0.25) is 9.59 Å². The first kappa shape index (κ1) is 17.8. The average molecular weight is 372 g/mol. The smallest absolute Gasteiger partial charge is 0.259 e. The predicted octanol–water partition coefficient (Wildman–Crippen LogP) is 2.16. The number of fused-ring (bicyclic) bond motifs is 4. The SMILES string of the molecule is Cc1noc(C)c1CN1C(=O)[C@H]2CC[C@@H]1CN(C(=O)c1c(C)noc1C)C2. The number of piperidine rings is 1. The molecule has 0 aliphatic carbocycles. The van der Waals surface area contributed by atoms with Crippen molar-refractivity contribution in [3.8, 4) is 0 Å². The second-order valence-corrected chi connectivity index (χ2v) is 7.61. The molecule has 2 bridgehead atoms. The Morgan fingerprint density at radius 2 is 1.74 bits per heavy atom. The van der Waals surface area contributed by atoms with Gasteiger partial charge in [-0.1, -0.05) is 10.3 Å². The van der Waals surface area contributed by atoms with Crippen LogP contribution in [0.3, 0.4) is 0 Å². The molecular weight excluding hydrogens is 348 g/mol. The summed E-state index contributed by atoms with van der Waals surface area (Å²) >= 11 is 0. The van der Waals surface area contributed by atoms with Crippen LogP contribution in [-0.4, -0.2) is 51.1 Å². The third-order valence-corrected chi connectivity index (χ3v) is 5.84. The average Bonchev–Trinajstić information content (AvgIpc) is 2.99. The Morgan fingerprint density at radius 3 is 2.37 bits per heavy atom. The summed E-state index contributed by atoms with van der Waals surface area (Å²) in [5.74, 6) is 1.10. The molecule has 144 valence electrons. The molecule has 0 unspecified atom stereocenters. The van der Waals surface area contributed by atoms with Crippen LogP contribution in [-0.2, 0) is 11.3 Å². The zero-order valence-electron chi connectivity index (χ0n) is 16.1. The number of aryl methyl sites for hydroxylation is 4. The second-order valence-electron chi connectivity index (χ2n) is 7.61. The first-order chi connectivity index (χ1) is 12.9. The number of carbonyl (C=O) groups excluding carboxylic acids is 2. The Labute approximate surface area is 157 Å². The molecule has 8 heteroatoms. The van der Waals surface area contributed by atoms with Crippen molar-refractivity contribution in [2.24, 2.45) is 5.92 Å². The molecule has 3 fully saturated rings. The minimum absolute atomic E-state index is 0.00521. The van der Waals surface area contributed by atoms with Gasteiger partial charge in [0.15, 0.2) is 0 Å². The van der Waals surface area contributed by atoms with Crippen molar-refractivity contribution in [3.05, 3.63) is 34.0 Å². The van der Waals surface area contributed by atoms with E-state index >= 15 is 0 Å². The summed E-state index contributed by atoms with van der Waals surface area (Å²) in [6, 6.07) is -0.00521. The van der Waals surface area contributed by atoms with Crippen molar-refractivity contribution in [2.75, 3.05) is 13.1 Å². The summed E-state index contributed by atoms with van der Waals surface area (Å²) in [6.45, 7) is 8.71. The summed E-state index contributed by atoms with van der Waals surface area (Å²) in [4.78, 5) is 29.8.